The van der Waals surface area contributed by atoms with Crippen molar-refractivity contribution in [3.8, 4) is 0 Å². The highest BCUT2D eigenvalue weighted by atomic mass is 32.2. The SMILES string of the molecule is O=C(CSC1CCCC1)N1C2C=CCC1CC2. The van der Waals surface area contributed by atoms with Crippen LogP contribution in [0.15, 0.2) is 12.2 Å². The van der Waals surface area contributed by atoms with Gasteiger partial charge in [-0.15, -0.1) is 11.8 Å². The minimum absolute atomic E-state index is 0.388. The van der Waals surface area contributed by atoms with E-state index in [1.807, 2.05) is 11.8 Å². The molecule has 94 valence electrons. The third kappa shape index (κ3) is 2.40. The second-order valence-electron chi connectivity index (χ2n) is 5.48. The molecule has 2 nitrogen and oxygen atoms in total. The van der Waals surface area contributed by atoms with Gasteiger partial charge in [-0.3, -0.25) is 4.79 Å². The third-order valence-electron chi connectivity index (χ3n) is 4.35. The quantitative estimate of drug-likeness (QED) is 0.719. The molecule has 2 fully saturated rings. The van der Waals surface area contributed by atoms with Crippen LogP contribution in [0.25, 0.3) is 0 Å². The number of carbonyl (C=O) groups is 1. The van der Waals surface area contributed by atoms with E-state index in [0.717, 1.165) is 11.7 Å². The van der Waals surface area contributed by atoms with Gasteiger partial charge >= 0.3 is 0 Å². The van der Waals surface area contributed by atoms with Crippen molar-refractivity contribution in [2.24, 2.45) is 0 Å². The molecule has 1 saturated heterocycles. The van der Waals surface area contributed by atoms with Gasteiger partial charge in [0.15, 0.2) is 0 Å². The minimum Gasteiger partial charge on any atom is -0.332 e. The Morgan fingerprint density at radius 3 is 2.82 bits per heavy atom. The largest absolute Gasteiger partial charge is 0.332 e. The molecule has 1 aliphatic carbocycles. The lowest BCUT2D eigenvalue weighted by Crippen LogP contribution is -2.43. The van der Waals surface area contributed by atoms with E-state index < -0.39 is 0 Å². The van der Waals surface area contributed by atoms with E-state index in [1.165, 1.54) is 38.5 Å². The van der Waals surface area contributed by atoms with Crippen LogP contribution >= 0.6 is 11.8 Å². The van der Waals surface area contributed by atoms with Gasteiger partial charge in [-0.05, 0) is 32.1 Å². The second kappa shape index (κ2) is 5.05. The van der Waals surface area contributed by atoms with Crippen LogP contribution in [-0.4, -0.2) is 33.9 Å². The molecule has 0 N–H and O–H groups in total. The van der Waals surface area contributed by atoms with Crippen molar-refractivity contribution in [3.63, 3.8) is 0 Å². The smallest absolute Gasteiger partial charge is 0.233 e. The topological polar surface area (TPSA) is 20.3 Å². The maximum Gasteiger partial charge on any atom is 0.233 e. The Morgan fingerprint density at radius 2 is 2.06 bits per heavy atom. The summed E-state index contributed by atoms with van der Waals surface area (Å²) in [5.74, 6) is 1.10. The summed E-state index contributed by atoms with van der Waals surface area (Å²) in [7, 11) is 0. The molecular weight excluding hydrogens is 230 g/mol. The number of fused-ring (bicyclic) bond motifs is 2. The molecule has 0 aromatic heterocycles. The molecule has 1 saturated carbocycles. The van der Waals surface area contributed by atoms with E-state index in [1.54, 1.807) is 0 Å². The van der Waals surface area contributed by atoms with Crippen LogP contribution in [-0.2, 0) is 4.79 Å². The summed E-state index contributed by atoms with van der Waals surface area (Å²) in [5, 5.41) is 0.761. The van der Waals surface area contributed by atoms with E-state index in [9.17, 15) is 4.79 Å². The van der Waals surface area contributed by atoms with Crippen LogP contribution < -0.4 is 0 Å². The normalized spacial score (nSPS) is 32.4. The van der Waals surface area contributed by atoms with Crippen molar-refractivity contribution >= 4 is 17.7 Å². The summed E-state index contributed by atoms with van der Waals surface area (Å²) in [5.41, 5.74) is 0. The number of hydrogen-bond acceptors (Lipinski definition) is 2. The van der Waals surface area contributed by atoms with Gasteiger partial charge < -0.3 is 4.90 Å². The monoisotopic (exact) mass is 251 g/mol. The van der Waals surface area contributed by atoms with Crippen LogP contribution in [0.1, 0.15) is 44.9 Å². The fraction of sp³-hybridized carbons (Fsp3) is 0.786. The molecule has 2 heterocycles. The van der Waals surface area contributed by atoms with E-state index in [-0.39, 0.29) is 0 Å². The zero-order valence-electron chi connectivity index (χ0n) is 10.3. The predicted molar refractivity (Wildman–Crippen MR) is 72.1 cm³/mol. The highest BCUT2D eigenvalue weighted by Gasteiger charge is 2.36. The Hall–Kier alpha value is -0.440. The van der Waals surface area contributed by atoms with Crippen molar-refractivity contribution in [2.45, 2.75) is 62.3 Å². The highest BCUT2D eigenvalue weighted by molar-refractivity contribution is 8.00. The van der Waals surface area contributed by atoms with Gasteiger partial charge in [-0.2, -0.15) is 0 Å². The van der Waals surface area contributed by atoms with Crippen molar-refractivity contribution < 1.29 is 4.79 Å². The van der Waals surface area contributed by atoms with E-state index in [2.05, 4.69) is 17.1 Å². The first-order chi connectivity index (χ1) is 8.34. The Morgan fingerprint density at radius 1 is 1.24 bits per heavy atom. The number of hydrogen-bond donors (Lipinski definition) is 0. The lowest BCUT2D eigenvalue weighted by Gasteiger charge is -2.31. The molecule has 3 aliphatic rings. The third-order valence-corrected chi connectivity index (χ3v) is 5.70. The molecule has 0 aromatic rings. The van der Waals surface area contributed by atoms with Gasteiger partial charge in [0, 0.05) is 11.3 Å². The maximum absolute atomic E-state index is 12.3. The summed E-state index contributed by atoms with van der Waals surface area (Å²) in [6, 6.07) is 0.937. The zero-order valence-corrected chi connectivity index (χ0v) is 11.1. The average Bonchev–Trinajstić information content (AvgIpc) is 2.93. The Balaban J connectivity index is 1.53. The van der Waals surface area contributed by atoms with Crippen molar-refractivity contribution in [1.82, 2.24) is 4.90 Å². The number of amides is 1. The van der Waals surface area contributed by atoms with Crippen molar-refractivity contribution in [3.05, 3.63) is 12.2 Å². The van der Waals surface area contributed by atoms with E-state index in [0.29, 0.717) is 23.7 Å². The first-order valence-corrected chi connectivity index (χ1v) is 7.99. The summed E-state index contributed by atoms with van der Waals surface area (Å²) in [6.45, 7) is 0. The molecule has 2 aliphatic heterocycles. The Bertz CT molecular complexity index is 322. The fourth-order valence-electron chi connectivity index (χ4n) is 3.43. The van der Waals surface area contributed by atoms with Gasteiger partial charge in [0.05, 0.1) is 11.8 Å². The summed E-state index contributed by atoms with van der Waals surface area (Å²) in [4.78, 5) is 14.5. The molecular formula is C14H21NOS. The lowest BCUT2D eigenvalue weighted by atomic mass is 10.1. The molecule has 2 atom stereocenters. The fourth-order valence-corrected chi connectivity index (χ4v) is 4.63. The van der Waals surface area contributed by atoms with E-state index >= 15 is 0 Å². The van der Waals surface area contributed by atoms with Gasteiger partial charge in [0.25, 0.3) is 0 Å². The molecule has 1 amide bonds. The summed E-state index contributed by atoms with van der Waals surface area (Å²) < 4.78 is 0. The summed E-state index contributed by atoms with van der Waals surface area (Å²) >= 11 is 1.90. The van der Waals surface area contributed by atoms with Crippen LogP contribution in [0.2, 0.25) is 0 Å². The number of nitrogens with zero attached hydrogens (tertiary/aromatic N) is 1. The standard InChI is InChI=1S/C14H21NOS/c16-14(10-17-13-6-1-2-7-13)15-11-4-3-5-12(15)9-8-11/h3-4,11-13H,1-2,5-10H2. The van der Waals surface area contributed by atoms with E-state index in [4.69, 9.17) is 0 Å². The van der Waals surface area contributed by atoms with Crippen molar-refractivity contribution in [1.29, 1.82) is 0 Å². The van der Waals surface area contributed by atoms with Crippen molar-refractivity contribution in [2.75, 3.05) is 5.75 Å². The molecule has 0 aromatic carbocycles. The Labute approximate surface area is 108 Å². The molecule has 3 heteroatoms. The first kappa shape index (κ1) is 11.6. The number of carbonyl (C=O) groups excluding carboxylic acids is 1. The van der Waals surface area contributed by atoms with Crippen LogP contribution in [0.5, 0.6) is 0 Å². The van der Waals surface area contributed by atoms with Crippen LogP contribution in [0.3, 0.4) is 0 Å². The molecule has 0 spiro atoms. The van der Waals surface area contributed by atoms with Gasteiger partial charge in [0.2, 0.25) is 5.91 Å². The second-order valence-corrected chi connectivity index (χ2v) is 6.77. The van der Waals surface area contributed by atoms with Crippen LogP contribution in [0, 0.1) is 0 Å². The highest BCUT2D eigenvalue weighted by Crippen LogP contribution is 2.34. The number of rotatable bonds is 3. The zero-order chi connectivity index (χ0) is 11.7. The molecule has 17 heavy (non-hydrogen) atoms. The Kier molecular flexibility index (Phi) is 3.46. The first-order valence-electron chi connectivity index (χ1n) is 6.94. The minimum atomic E-state index is 0.388. The molecule has 0 radical (unpaired) electrons. The summed E-state index contributed by atoms with van der Waals surface area (Å²) in [6.07, 6.45) is 13.3. The molecule has 2 bridgehead atoms. The number of thioether (sulfide) groups is 1. The van der Waals surface area contributed by atoms with Crippen LogP contribution in [0.4, 0.5) is 0 Å². The molecule has 2 unspecified atom stereocenters. The van der Waals surface area contributed by atoms with Gasteiger partial charge in [-0.25, -0.2) is 0 Å². The maximum atomic E-state index is 12.3. The predicted octanol–water partition coefficient (Wildman–Crippen LogP) is 2.98. The molecule has 3 rings (SSSR count). The average molecular weight is 251 g/mol. The van der Waals surface area contributed by atoms with Gasteiger partial charge in [0.1, 0.15) is 0 Å². The lowest BCUT2D eigenvalue weighted by molar-refractivity contribution is -0.130. The van der Waals surface area contributed by atoms with Gasteiger partial charge in [-0.1, -0.05) is 25.0 Å².